The quantitative estimate of drug-likeness (QED) is 0.707. The lowest BCUT2D eigenvalue weighted by molar-refractivity contribution is -0.122. The Labute approximate surface area is 139 Å². The molecule has 0 amide bonds. The summed E-state index contributed by atoms with van der Waals surface area (Å²) in [4.78, 5) is 15.1. The molecule has 3 aromatic heterocycles. The lowest BCUT2D eigenvalue weighted by Crippen LogP contribution is -2.32. The van der Waals surface area contributed by atoms with Crippen LogP contribution in [0.3, 0.4) is 0 Å². The van der Waals surface area contributed by atoms with Crippen LogP contribution in [0.2, 0.25) is 0 Å². The number of carboxylic acid groups (broad SMARTS) is 1. The number of likely N-dealkylation sites (tertiary alicyclic amines) is 1. The van der Waals surface area contributed by atoms with Crippen molar-refractivity contribution in [3.8, 4) is 0 Å². The summed E-state index contributed by atoms with van der Waals surface area (Å²) in [7, 11) is 0. The van der Waals surface area contributed by atoms with Crippen molar-refractivity contribution in [2.75, 3.05) is 13.1 Å². The van der Waals surface area contributed by atoms with Crippen molar-refractivity contribution in [3.63, 3.8) is 0 Å². The molecule has 0 bridgehead atoms. The Morgan fingerprint density at radius 2 is 2.12 bits per heavy atom. The Bertz CT molecular complexity index is 762. The van der Waals surface area contributed by atoms with Crippen LogP contribution in [0.1, 0.15) is 30.0 Å². The first-order valence-electron chi connectivity index (χ1n) is 7.88. The number of nitrogens with zero attached hydrogens (tertiary/aromatic N) is 5. The summed E-state index contributed by atoms with van der Waals surface area (Å²) in [5.74, 6) is 0.628. The van der Waals surface area contributed by atoms with E-state index in [0.717, 1.165) is 25.3 Å². The summed E-state index contributed by atoms with van der Waals surface area (Å²) in [5, 5.41) is 18.2. The minimum Gasteiger partial charge on any atom is -0.483 e. The van der Waals surface area contributed by atoms with Crippen LogP contribution in [0.15, 0.2) is 36.9 Å². The number of aromatic amines is 1. The van der Waals surface area contributed by atoms with E-state index in [1.807, 2.05) is 12.4 Å². The van der Waals surface area contributed by atoms with Gasteiger partial charge < -0.3 is 5.11 Å². The Morgan fingerprint density at radius 1 is 1.33 bits per heavy atom. The standard InChI is InChI=1S/C15H18N6.CH2O2/c1-5-17-19-14(1)13-3-6-20(7-4-13)10-12-2-8-21-15(9-12)16-11-18-21;2-1-3/h1-2,5,8-9,11,13H,3-4,6-7,10H2,(H,17,19);1H,(H,2,3). The highest BCUT2D eigenvalue weighted by Gasteiger charge is 2.21. The SMILES string of the molecule is O=CO.c1cc(C2CCN(Cc3ccn4ncnc4c3)CC2)[nH]n1. The number of aromatic nitrogens is 5. The molecule has 2 N–H and O–H groups in total. The number of carbonyl (C=O) groups is 1. The number of fused-ring (bicyclic) bond motifs is 1. The molecule has 0 aromatic carbocycles. The second-order valence-electron chi connectivity index (χ2n) is 5.77. The van der Waals surface area contributed by atoms with Crippen LogP contribution in [-0.4, -0.2) is 54.4 Å². The maximum Gasteiger partial charge on any atom is 0.290 e. The first kappa shape index (κ1) is 16.1. The molecule has 126 valence electrons. The average Bonchev–Trinajstić information content (AvgIpc) is 3.27. The second-order valence-corrected chi connectivity index (χ2v) is 5.77. The van der Waals surface area contributed by atoms with Crippen LogP contribution in [-0.2, 0) is 11.3 Å². The second kappa shape index (κ2) is 7.69. The van der Waals surface area contributed by atoms with Gasteiger partial charge >= 0.3 is 0 Å². The zero-order valence-corrected chi connectivity index (χ0v) is 13.2. The van der Waals surface area contributed by atoms with Gasteiger partial charge in [0.25, 0.3) is 6.47 Å². The zero-order chi connectivity index (χ0) is 16.8. The van der Waals surface area contributed by atoms with Gasteiger partial charge in [-0.25, -0.2) is 9.50 Å². The van der Waals surface area contributed by atoms with Gasteiger partial charge in [0.15, 0.2) is 5.65 Å². The van der Waals surface area contributed by atoms with Gasteiger partial charge in [-0.15, -0.1) is 0 Å². The van der Waals surface area contributed by atoms with Crippen LogP contribution >= 0.6 is 0 Å². The highest BCUT2D eigenvalue weighted by Crippen LogP contribution is 2.27. The molecule has 0 spiro atoms. The molecule has 0 radical (unpaired) electrons. The highest BCUT2D eigenvalue weighted by atomic mass is 16.3. The lowest BCUT2D eigenvalue weighted by atomic mass is 9.93. The predicted molar refractivity (Wildman–Crippen MR) is 87.5 cm³/mol. The molecule has 0 saturated carbocycles. The van der Waals surface area contributed by atoms with E-state index in [1.165, 1.54) is 24.1 Å². The number of hydrogen-bond donors (Lipinski definition) is 2. The largest absolute Gasteiger partial charge is 0.483 e. The van der Waals surface area contributed by atoms with Crippen LogP contribution < -0.4 is 0 Å². The molecule has 0 atom stereocenters. The fourth-order valence-corrected chi connectivity index (χ4v) is 3.11. The van der Waals surface area contributed by atoms with Crippen LogP contribution in [0.4, 0.5) is 0 Å². The molecule has 0 unspecified atom stereocenters. The van der Waals surface area contributed by atoms with Gasteiger partial charge in [-0.1, -0.05) is 0 Å². The maximum atomic E-state index is 8.36. The zero-order valence-electron chi connectivity index (χ0n) is 13.2. The molecule has 8 nitrogen and oxygen atoms in total. The molecular formula is C16H20N6O2. The molecule has 4 heterocycles. The Balaban J connectivity index is 0.000000526. The predicted octanol–water partition coefficient (Wildman–Crippen LogP) is 1.53. The Morgan fingerprint density at radius 3 is 2.83 bits per heavy atom. The van der Waals surface area contributed by atoms with Crippen molar-refractivity contribution >= 4 is 12.1 Å². The summed E-state index contributed by atoms with van der Waals surface area (Å²) in [6, 6.07) is 6.34. The van der Waals surface area contributed by atoms with Gasteiger partial charge in [-0.05, 0) is 49.7 Å². The third-order valence-electron chi connectivity index (χ3n) is 4.30. The number of pyridine rings is 1. The molecule has 1 saturated heterocycles. The van der Waals surface area contributed by atoms with E-state index in [0.29, 0.717) is 5.92 Å². The van der Waals surface area contributed by atoms with E-state index in [9.17, 15) is 0 Å². The normalized spacial score (nSPS) is 15.8. The summed E-state index contributed by atoms with van der Waals surface area (Å²) in [6.07, 6.45) is 7.80. The van der Waals surface area contributed by atoms with Crippen molar-refractivity contribution in [3.05, 3.63) is 48.2 Å². The minimum atomic E-state index is -0.250. The average molecular weight is 328 g/mol. The lowest BCUT2D eigenvalue weighted by Gasteiger charge is -2.31. The minimum absolute atomic E-state index is 0.250. The fraction of sp³-hybridized carbons (Fsp3) is 0.375. The summed E-state index contributed by atoms with van der Waals surface area (Å²) >= 11 is 0. The molecule has 8 heteroatoms. The van der Waals surface area contributed by atoms with Crippen molar-refractivity contribution in [2.45, 2.75) is 25.3 Å². The molecule has 1 fully saturated rings. The maximum absolute atomic E-state index is 8.36. The Hall–Kier alpha value is -2.74. The van der Waals surface area contributed by atoms with E-state index in [1.54, 1.807) is 10.8 Å². The number of H-pyrrole nitrogens is 1. The molecule has 4 rings (SSSR count). The number of nitrogens with one attached hydrogen (secondary N) is 1. The van der Waals surface area contributed by atoms with E-state index in [-0.39, 0.29) is 6.47 Å². The molecule has 1 aliphatic rings. The molecule has 24 heavy (non-hydrogen) atoms. The Kier molecular flexibility index (Phi) is 5.17. The number of rotatable bonds is 3. The third-order valence-corrected chi connectivity index (χ3v) is 4.30. The van der Waals surface area contributed by atoms with Gasteiger partial charge in [0, 0.05) is 30.6 Å². The molecule has 1 aliphatic heterocycles. The van der Waals surface area contributed by atoms with Crippen molar-refractivity contribution in [1.29, 1.82) is 0 Å². The number of piperidine rings is 1. The summed E-state index contributed by atoms with van der Waals surface area (Å²) in [6.45, 7) is 2.99. The van der Waals surface area contributed by atoms with Crippen LogP contribution in [0.25, 0.3) is 5.65 Å². The molecular weight excluding hydrogens is 308 g/mol. The van der Waals surface area contributed by atoms with Gasteiger partial charge in [0.2, 0.25) is 0 Å². The van der Waals surface area contributed by atoms with E-state index in [4.69, 9.17) is 9.90 Å². The molecule has 0 aliphatic carbocycles. The molecule has 3 aromatic rings. The van der Waals surface area contributed by atoms with Crippen LogP contribution in [0, 0.1) is 0 Å². The van der Waals surface area contributed by atoms with Crippen LogP contribution in [0.5, 0.6) is 0 Å². The fourth-order valence-electron chi connectivity index (χ4n) is 3.11. The van der Waals surface area contributed by atoms with E-state index >= 15 is 0 Å². The number of hydrogen-bond acceptors (Lipinski definition) is 5. The van der Waals surface area contributed by atoms with Gasteiger partial charge in [0.05, 0.1) is 0 Å². The van der Waals surface area contributed by atoms with Gasteiger partial charge in [-0.2, -0.15) is 10.2 Å². The smallest absolute Gasteiger partial charge is 0.290 e. The van der Waals surface area contributed by atoms with Crippen molar-refractivity contribution in [2.24, 2.45) is 0 Å². The monoisotopic (exact) mass is 328 g/mol. The summed E-state index contributed by atoms with van der Waals surface area (Å²) < 4.78 is 1.80. The van der Waals surface area contributed by atoms with Crippen molar-refractivity contribution < 1.29 is 9.90 Å². The van der Waals surface area contributed by atoms with E-state index in [2.05, 4.69) is 43.4 Å². The first-order valence-corrected chi connectivity index (χ1v) is 7.88. The van der Waals surface area contributed by atoms with Gasteiger partial charge in [0.1, 0.15) is 6.33 Å². The third kappa shape index (κ3) is 3.77. The van der Waals surface area contributed by atoms with Crippen molar-refractivity contribution in [1.82, 2.24) is 29.7 Å². The van der Waals surface area contributed by atoms with E-state index < -0.39 is 0 Å². The first-order chi connectivity index (χ1) is 11.8. The summed E-state index contributed by atoms with van der Waals surface area (Å²) in [5.41, 5.74) is 3.50. The van der Waals surface area contributed by atoms with Gasteiger partial charge in [-0.3, -0.25) is 14.8 Å². The highest BCUT2D eigenvalue weighted by molar-refractivity contribution is 5.39. The topological polar surface area (TPSA) is 99.4 Å².